The summed E-state index contributed by atoms with van der Waals surface area (Å²) >= 11 is 0. The number of esters is 1. The Morgan fingerprint density at radius 2 is 1.90 bits per heavy atom. The Morgan fingerprint density at radius 1 is 1.29 bits per heavy atom. The molecule has 0 radical (unpaired) electrons. The number of hydrogen-bond acceptors (Lipinski definition) is 6. The van der Waals surface area contributed by atoms with E-state index in [1.165, 1.54) is 26.2 Å². The molecule has 0 aromatic heterocycles. The molecule has 0 saturated carbocycles. The van der Waals surface area contributed by atoms with E-state index in [0.29, 0.717) is 0 Å². The first-order valence-corrected chi connectivity index (χ1v) is 7.22. The zero-order chi connectivity index (χ0) is 16.2. The number of ether oxygens (including phenoxy) is 2. The van der Waals surface area contributed by atoms with Gasteiger partial charge in [0.15, 0.2) is 0 Å². The maximum atomic E-state index is 12.0. The number of carboxylic acid groups (broad SMARTS) is 1. The molecule has 0 amide bonds. The molecular weight excluding hydrogens is 302 g/mol. The molecule has 2 N–H and O–H groups in total. The summed E-state index contributed by atoms with van der Waals surface area (Å²) < 4.78 is 35.5. The van der Waals surface area contributed by atoms with Gasteiger partial charge in [0.05, 0.1) is 19.1 Å². The van der Waals surface area contributed by atoms with Crippen LogP contribution in [0.25, 0.3) is 0 Å². The summed E-state index contributed by atoms with van der Waals surface area (Å²) in [6.45, 7) is 1.19. The molecule has 21 heavy (non-hydrogen) atoms. The van der Waals surface area contributed by atoms with E-state index in [9.17, 15) is 18.0 Å². The lowest BCUT2D eigenvalue weighted by Crippen LogP contribution is -2.38. The van der Waals surface area contributed by atoms with Gasteiger partial charge in [-0.3, -0.25) is 4.79 Å². The maximum absolute atomic E-state index is 12.0. The molecule has 0 saturated heterocycles. The van der Waals surface area contributed by atoms with Crippen molar-refractivity contribution in [2.75, 3.05) is 14.2 Å². The second-order valence-electron chi connectivity index (χ2n) is 4.03. The molecule has 8 nitrogen and oxygen atoms in total. The van der Waals surface area contributed by atoms with Crippen molar-refractivity contribution in [3.63, 3.8) is 0 Å². The van der Waals surface area contributed by atoms with E-state index in [1.807, 2.05) is 4.72 Å². The first-order chi connectivity index (χ1) is 9.72. The summed E-state index contributed by atoms with van der Waals surface area (Å²) in [7, 11) is -1.62. The van der Waals surface area contributed by atoms with E-state index in [0.717, 1.165) is 13.2 Å². The Labute approximate surface area is 121 Å². The molecule has 1 rings (SSSR count). The number of hydrogen-bond donors (Lipinski definition) is 2. The predicted octanol–water partition coefficient (Wildman–Crippen LogP) is 0.233. The Hall–Kier alpha value is -2.13. The van der Waals surface area contributed by atoms with Crippen LogP contribution < -0.4 is 9.46 Å². The molecule has 0 fully saturated rings. The van der Waals surface area contributed by atoms with Crippen molar-refractivity contribution >= 4 is 22.0 Å². The van der Waals surface area contributed by atoms with Crippen molar-refractivity contribution in [3.8, 4) is 5.75 Å². The summed E-state index contributed by atoms with van der Waals surface area (Å²) in [6.07, 6.45) is 0. The van der Waals surface area contributed by atoms with Crippen molar-refractivity contribution in [1.82, 2.24) is 4.72 Å². The normalized spacial score (nSPS) is 12.5. The second-order valence-corrected chi connectivity index (χ2v) is 5.75. The number of nitrogens with one attached hydrogen (secondary N) is 1. The summed E-state index contributed by atoms with van der Waals surface area (Å²) in [5.74, 6) is -1.94. The highest BCUT2D eigenvalue weighted by Crippen LogP contribution is 2.23. The number of methoxy groups -OCH3 is 2. The van der Waals surface area contributed by atoms with Gasteiger partial charge in [-0.15, -0.1) is 0 Å². The molecule has 0 aliphatic rings. The summed E-state index contributed by atoms with van der Waals surface area (Å²) in [4.78, 5) is 22.0. The smallest absolute Gasteiger partial charge is 0.341 e. The van der Waals surface area contributed by atoms with Crippen LogP contribution in [0.15, 0.2) is 23.1 Å². The lowest BCUT2D eigenvalue weighted by Gasteiger charge is -2.12. The third-order valence-corrected chi connectivity index (χ3v) is 4.13. The van der Waals surface area contributed by atoms with Crippen molar-refractivity contribution in [2.45, 2.75) is 17.9 Å². The molecule has 0 heterocycles. The number of sulfonamides is 1. The summed E-state index contributed by atoms with van der Waals surface area (Å²) in [5, 5.41) is 8.73. The third kappa shape index (κ3) is 3.92. The molecule has 1 aromatic carbocycles. The maximum Gasteiger partial charge on any atom is 0.341 e. The van der Waals surface area contributed by atoms with Crippen LogP contribution in [0, 0.1) is 0 Å². The van der Waals surface area contributed by atoms with Gasteiger partial charge in [0, 0.05) is 0 Å². The van der Waals surface area contributed by atoms with Crippen LogP contribution in [0.2, 0.25) is 0 Å². The van der Waals surface area contributed by atoms with Crippen LogP contribution >= 0.6 is 0 Å². The van der Waals surface area contributed by atoms with Crippen molar-refractivity contribution < 1.29 is 32.6 Å². The molecule has 9 heteroatoms. The van der Waals surface area contributed by atoms with Gasteiger partial charge in [-0.05, 0) is 25.1 Å². The summed E-state index contributed by atoms with van der Waals surface area (Å²) in [6, 6.07) is 2.23. The van der Waals surface area contributed by atoms with Gasteiger partial charge in [0.1, 0.15) is 17.4 Å². The SMILES string of the molecule is COC(=O)c1cc(S(=O)(=O)N[C@@H](C)C(=O)O)ccc1OC. The Kier molecular flexibility index (Phi) is 5.28. The van der Waals surface area contributed by atoms with Crippen LogP contribution in [0.1, 0.15) is 17.3 Å². The fourth-order valence-corrected chi connectivity index (χ4v) is 2.70. The minimum absolute atomic E-state index is 0.0779. The molecule has 116 valence electrons. The molecule has 0 aliphatic heterocycles. The second kappa shape index (κ2) is 6.55. The van der Waals surface area contributed by atoms with E-state index >= 15 is 0 Å². The Morgan fingerprint density at radius 3 is 2.38 bits per heavy atom. The van der Waals surface area contributed by atoms with Gasteiger partial charge in [0.2, 0.25) is 10.0 Å². The monoisotopic (exact) mass is 317 g/mol. The van der Waals surface area contributed by atoms with Crippen LogP contribution in [-0.2, 0) is 19.6 Å². The molecule has 0 bridgehead atoms. The van der Waals surface area contributed by atoms with Crippen LogP contribution in [-0.4, -0.2) is 45.7 Å². The highest BCUT2D eigenvalue weighted by Gasteiger charge is 2.24. The van der Waals surface area contributed by atoms with E-state index < -0.39 is 28.0 Å². The zero-order valence-corrected chi connectivity index (χ0v) is 12.4. The molecule has 0 aliphatic carbocycles. The van der Waals surface area contributed by atoms with E-state index in [1.54, 1.807) is 0 Å². The minimum Gasteiger partial charge on any atom is -0.496 e. The van der Waals surface area contributed by atoms with Crippen molar-refractivity contribution in [1.29, 1.82) is 0 Å². The van der Waals surface area contributed by atoms with Crippen LogP contribution in [0.4, 0.5) is 0 Å². The topological polar surface area (TPSA) is 119 Å². The van der Waals surface area contributed by atoms with E-state index in [-0.39, 0.29) is 16.2 Å². The minimum atomic E-state index is -4.09. The highest BCUT2D eigenvalue weighted by atomic mass is 32.2. The zero-order valence-electron chi connectivity index (χ0n) is 11.6. The number of carboxylic acids is 1. The molecule has 1 atom stereocenters. The van der Waals surface area contributed by atoms with Crippen LogP contribution in [0.5, 0.6) is 5.75 Å². The number of aliphatic carboxylic acids is 1. The van der Waals surface area contributed by atoms with Gasteiger partial charge in [-0.25, -0.2) is 13.2 Å². The molecular formula is C12H15NO7S. The predicted molar refractivity (Wildman–Crippen MR) is 71.8 cm³/mol. The molecule has 1 aromatic rings. The lowest BCUT2D eigenvalue weighted by molar-refractivity contribution is -0.138. The first kappa shape index (κ1) is 16.9. The quantitative estimate of drug-likeness (QED) is 0.721. The van der Waals surface area contributed by atoms with Gasteiger partial charge < -0.3 is 14.6 Å². The highest BCUT2D eigenvalue weighted by molar-refractivity contribution is 7.89. The molecule has 0 spiro atoms. The number of carbonyl (C=O) groups excluding carboxylic acids is 1. The lowest BCUT2D eigenvalue weighted by atomic mass is 10.2. The average Bonchev–Trinajstić information content (AvgIpc) is 2.45. The van der Waals surface area contributed by atoms with Crippen molar-refractivity contribution in [3.05, 3.63) is 23.8 Å². The average molecular weight is 317 g/mol. The Balaban J connectivity index is 3.25. The van der Waals surface area contributed by atoms with E-state index in [2.05, 4.69) is 4.74 Å². The largest absolute Gasteiger partial charge is 0.496 e. The van der Waals surface area contributed by atoms with Gasteiger partial charge in [0.25, 0.3) is 0 Å². The van der Waals surface area contributed by atoms with Gasteiger partial charge >= 0.3 is 11.9 Å². The van der Waals surface area contributed by atoms with E-state index in [4.69, 9.17) is 9.84 Å². The number of carbonyl (C=O) groups is 2. The van der Waals surface area contributed by atoms with Gasteiger partial charge in [-0.1, -0.05) is 0 Å². The fraction of sp³-hybridized carbons (Fsp3) is 0.333. The number of benzene rings is 1. The Bertz CT molecular complexity index is 654. The van der Waals surface area contributed by atoms with Crippen molar-refractivity contribution in [2.24, 2.45) is 0 Å². The third-order valence-electron chi connectivity index (χ3n) is 2.59. The van der Waals surface area contributed by atoms with Crippen LogP contribution in [0.3, 0.4) is 0 Å². The molecule has 0 unspecified atom stereocenters. The standard InChI is InChI=1S/C12H15NO7S/c1-7(11(14)15)13-21(17,18)8-4-5-10(19-2)9(6-8)12(16)20-3/h4-7,13H,1-3H3,(H,14,15)/t7-/m0/s1. The number of rotatable bonds is 6. The summed E-state index contributed by atoms with van der Waals surface area (Å²) in [5.41, 5.74) is -0.0779. The fourth-order valence-electron chi connectivity index (χ4n) is 1.47. The first-order valence-electron chi connectivity index (χ1n) is 5.74. The van der Waals surface area contributed by atoms with Gasteiger partial charge in [-0.2, -0.15) is 4.72 Å².